The van der Waals surface area contributed by atoms with Crippen LogP contribution < -0.4 is 5.14 Å². The zero-order chi connectivity index (χ0) is 13.5. The fourth-order valence-corrected chi connectivity index (χ4v) is 2.90. The summed E-state index contributed by atoms with van der Waals surface area (Å²) in [5.74, 6) is 0.632. The Hall–Kier alpha value is -0.130. The van der Waals surface area contributed by atoms with Crippen LogP contribution >= 0.6 is 0 Å². The Morgan fingerprint density at radius 3 is 2.24 bits per heavy atom. The van der Waals surface area contributed by atoms with E-state index in [4.69, 9.17) is 9.88 Å². The van der Waals surface area contributed by atoms with Crippen molar-refractivity contribution in [2.75, 3.05) is 12.4 Å². The van der Waals surface area contributed by atoms with E-state index >= 15 is 0 Å². The molecular weight excluding hydrogens is 238 g/mol. The first-order valence-electron chi connectivity index (χ1n) is 6.36. The molecule has 104 valence electrons. The lowest BCUT2D eigenvalue weighted by Gasteiger charge is -2.20. The summed E-state index contributed by atoms with van der Waals surface area (Å²) in [5.41, 5.74) is 0. The van der Waals surface area contributed by atoms with Crippen molar-refractivity contribution >= 4 is 10.0 Å². The van der Waals surface area contributed by atoms with Crippen LogP contribution in [0.15, 0.2) is 0 Å². The number of sulfonamides is 1. The van der Waals surface area contributed by atoms with E-state index in [2.05, 4.69) is 13.8 Å². The molecule has 0 radical (unpaired) electrons. The molecule has 0 saturated carbocycles. The molecule has 0 aromatic heterocycles. The Bertz CT molecular complexity index is 288. The third-order valence-electron chi connectivity index (χ3n) is 2.58. The predicted molar refractivity (Wildman–Crippen MR) is 71.2 cm³/mol. The van der Waals surface area contributed by atoms with E-state index in [-0.39, 0.29) is 17.8 Å². The first-order chi connectivity index (χ1) is 7.74. The van der Waals surface area contributed by atoms with E-state index < -0.39 is 10.0 Å². The zero-order valence-corrected chi connectivity index (χ0v) is 12.3. The molecule has 0 saturated heterocycles. The van der Waals surface area contributed by atoms with E-state index in [1.54, 1.807) is 0 Å². The quantitative estimate of drug-likeness (QED) is 0.694. The highest BCUT2D eigenvalue weighted by Crippen LogP contribution is 2.13. The Kier molecular flexibility index (Phi) is 8.00. The van der Waals surface area contributed by atoms with Gasteiger partial charge >= 0.3 is 0 Å². The zero-order valence-electron chi connectivity index (χ0n) is 11.5. The van der Waals surface area contributed by atoms with E-state index in [0.29, 0.717) is 12.5 Å². The van der Waals surface area contributed by atoms with Crippen molar-refractivity contribution in [3.63, 3.8) is 0 Å². The second-order valence-corrected chi connectivity index (χ2v) is 6.92. The lowest BCUT2D eigenvalue weighted by Crippen LogP contribution is -2.27. The monoisotopic (exact) mass is 265 g/mol. The molecule has 0 spiro atoms. The van der Waals surface area contributed by atoms with Crippen molar-refractivity contribution in [3.05, 3.63) is 0 Å². The van der Waals surface area contributed by atoms with Crippen molar-refractivity contribution in [3.8, 4) is 0 Å². The maximum atomic E-state index is 11.1. The fourth-order valence-electron chi connectivity index (χ4n) is 1.98. The van der Waals surface area contributed by atoms with E-state index in [1.807, 2.05) is 13.8 Å². The lowest BCUT2D eigenvalue weighted by molar-refractivity contribution is 0.0307. The molecule has 0 aliphatic rings. The minimum atomic E-state index is -3.40. The highest BCUT2D eigenvalue weighted by atomic mass is 32.2. The summed E-state index contributed by atoms with van der Waals surface area (Å²) in [6, 6.07) is 0. The molecule has 0 fully saturated rings. The van der Waals surface area contributed by atoms with Crippen molar-refractivity contribution < 1.29 is 13.2 Å². The van der Waals surface area contributed by atoms with Crippen LogP contribution in [-0.4, -0.2) is 26.9 Å². The van der Waals surface area contributed by atoms with Gasteiger partial charge in [0, 0.05) is 0 Å². The molecule has 2 N–H and O–H groups in total. The van der Waals surface area contributed by atoms with Gasteiger partial charge in [-0.2, -0.15) is 0 Å². The van der Waals surface area contributed by atoms with Gasteiger partial charge in [0.25, 0.3) is 0 Å². The maximum absolute atomic E-state index is 11.1. The fraction of sp³-hybridized carbons (Fsp3) is 1.00. The van der Waals surface area contributed by atoms with Gasteiger partial charge in [0.2, 0.25) is 10.0 Å². The second kappa shape index (κ2) is 8.06. The van der Waals surface area contributed by atoms with Crippen LogP contribution in [0.1, 0.15) is 47.0 Å². The van der Waals surface area contributed by atoms with Crippen LogP contribution in [-0.2, 0) is 14.8 Å². The van der Waals surface area contributed by atoms with Crippen LogP contribution in [0.5, 0.6) is 0 Å². The molecule has 2 unspecified atom stereocenters. The van der Waals surface area contributed by atoms with E-state index in [9.17, 15) is 8.42 Å². The molecule has 0 aromatic carbocycles. The van der Waals surface area contributed by atoms with Gasteiger partial charge in [-0.25, -0.2) is 13.6 Å². The van der Waals surface area contributed by atoms with E-state index in [0.717, 1.165) is 19.3 Å². The number of primary sulfonamides is 1. The van der Waals surface area contributed by atoms with Crippen LogP contribution in [0.2, 0.25) is 0 Å². The predicted octanol–water partition coefficient (Wildman–Crippen LogP) is 2.14. The van der Waals surface area contributed by atoms with Gasteiger partial charge in [-0.3, -0.25) is 0 Å². The first-order valence-corrected chi connectivity index (χ1v) is 8.08. The molecule has 0 aliphatic carbocycles. The van der Waals surface area contributed by atoms with Gasteiger partial charge < -0.3 is 4.74 Å². The molecule has 0 amide bonds. The van der Waals surface area contributed by atoms with Gasteiger partial charge in [0.15, 0.2) is 0 Å². The maximum Gasteiger partial charge on any atom is 0.209 e. The number of hydrogen-bond donors (Lipinski definition) is 1. The SMILES string of the molecule is CCCC(COC(C)CC(C)C)CS(N)(=O)=O. The summed E-state index contributed by atoms with van der Waals surface area (Å²) >= 11 is 0. The Labute approximate surface area is 106 Å². The molecular formula is C12H27NO3S. The van der Waals surface area contributed by atoms with Gasteiger partial charge in [-0.15, -0.1) is 0 Å². The van der Waals surface area contributed by atoms with Gasteiger partial charge in [0.1, 0.15) is 0 Å². The molecule has 0 aromatic rings. The second-order valence-electron chi connectivity index (χ2n) is 5.26. The molecule has 0 rings (SSSR count). The average molecular weight is 265 g/mol. The molecule has 17 heavy (non-hydrogen) atoms. The largest absolute Gasteiger partial charge is 0.378 e. The van der Waals surface area contributed by atoms with Crippen molar-refractivity contribution in [2.24, 2.45) is 17.0 Å². The highest BCUT2D eigenvalue weighted by molar-refractivity contribution is 7.89. The minimum absolute atomic E-state index is 0.0182. The first kappa shape index (κ1) is 16.9. The van der Waals surface area contributed by atoms with Crippen LogP contribution in [0.4, 0.5) is 0 Å². The minimum Gasteiger partial charge on any atom is -0.378 e. The Balaban J connectivity index is 4.08. The summed E-state index contributed by atoms with van der Waals surface area (Å²) in [5, 5.41) is 5.07. The summed E-state index contributed by atoms with van der Waals surface area (Å²) in [6.45, 7) is 8.84. The van der Waals surface area contributed by atoms with Gasteiger partial charge in [-0.1, -0.05) is 27.2 Å². The Morgan fingerprint density at radius 2 is 1.82 bits per heavy atom. The molecule has 0 bridgehead atoms. The van der Waals surface area contributed by atoms with Gasteiger partial charge in [-0.05, 0) is 31.6 Å². The van der Waals surface area contributed by atoms with Gasteiger partial charge in [0.05, 0.1) is 18.5 Å². The third kappa shape index (κ3) is 10.7. The molecule has 0 aliphatic heterocycles. The summed E-state index contributed by atoms with van der Waals surface area (Å²) in [6.07, 6.45) is 2.95. The lowest BCUT2D eigenvalue weighted by atomic mass is 10.1. The number of hydrogen-bond acceptors (Lipinski definition) is 3. The average Bonchev–Trinajstić information content (AvgIpc) is 2.11. The topological polar surface area (TPSA) is 69.4 Å². The standard InChI is InChI=1S/C12H27NO3S/c1-5-6-12(9-17(13,14)15)8-16-11(4)7-10(2)3/h10-12H,5-9H2,1-4H3,(H2,13,14,15). The summed E-state index contributed by atoms with van der Waals surface area (Å²) < 4.78 is 27.8. The molecule has 0 heterocycles. The van der Waals surface area contributed by atoms with Crippen LogP contribution in [0.3, 0.4) is 0 Å². The number of ether oxygens (including phenoxy) is 1. The summed E-state index contributed by atoms with van der Waals surface area (Å²) in [7, 11) is -3.40. The molecule has 4 nitrogen and oxygen atoms in total. The van der Waals surface area contributed by atoms with Crippen LogP contribution in [0, 0.1) is 11.8 Å². The summed E-state index contributed by atoms with van der Waals surface area (Å²) in [4.78, 5) is 0. The van der Waals surface area contributed by atoms with E-state index in [1.165, 1.54) is 0 Å². The van der Waals surface area contributed by atoms with Crippen molar-refractivity contribution in [1.29, 1.82) is 0 Å². The van der Waals surface area contributed by atoms with Crippen LogP contribution in [0.25, 0.3) is 0 Å². The number of rotatable bonds is 9. The smallest absolute Gasteiger partial charge is 0.209 e. The molecule has 5 heteroatoms. The third-order valence-corrected chi connectivity index (χ3v) is 3.52. The molecule has 2 atom stereocenters. The van der Waals surface area contributed by atoms with Crippen molar-refractivity contribution in [2.45, 2.75) is 53.1 Å². The number of nitrogens with two attached hydrogens (primary N) is 1. The highest BCUT2D eigenvalue weighted by Gasteiger charge is 2.17. The van der Waals surface area contributed by atoms with Crippen molar-refractivity contribution in [1.82, 2.24) is 0 Å². The Morgan fingerprint density at radius 1 is 1.24 bits per heavy atom. The normalized spacial score (nSPS) is 16.1.